The van der Waals surface area contributed by atoms with Crippen molar-refractivity contribution < 1.29 is 9.59 Å². The minimum Gasteiger partial charge on any atom is -0.325 e. The Labute approximate surface area is 168 Å². The lowest BCUT2D eigenvalue weighted by molar-refractivity contribution is -0.117. The fraction of sp³-hybridized carbons (Fsp3) is 0.227. The SMILES string of the molecule is Cc1ccccc1NC(=O)Cc1nc(-c2ccc(N3CCCC3=O)cc2)cs1. The molecule has 3 aromatic rings. The molecular weight excluding hydrogens is 370 g/mol. The maximum Gasteiger partial charge on any atom is 0.231 e. The molecule has 1 aromatic heterocycles. The van der Waals surface area contributed by atoms with E-state index in [1.54, 1.807) is 0 Å². The van der Waals surface area contributed by atoms with E-state index in [1.807, 2.05) is 65.7 Å². The Morgan fingerprint density at radius 2 is 1.96 bits per heavy atom. The van der Waals surface area contributed by atoms with Crippen molar-refractivity contribution in [2.24, 2.45) is 0 Å². The molecule has 1 fully saturated rings. The molecule has 2 aromatic carbocycles. The molecule has 0 bridgehead atoms. The van der Waals surface area contributed by atoms with Crippen LogP contribution in [-0.2, 0) is 16.0 Å². The van der Waals surface area contributed by atoms with Crippen LogP contribution in [0.25, 0.3) is 11.3 Å². The number of amides is 2. The Morgan fingerprint density at radius 3 is 2.68 bits per heavy atom. The summed E-state index contributed by atoms with van der Waals surface area (Å²) < 4.78 is 0. The van der Waals surface area contributed by atoms with E-state index in [9.17, 15) is 9.59 Å². The maximum atomic E-state index is 12.3. The van der Waals surface area contributed by atoms with E-state index in [-0.39, 0.29) is 18.2 Å². The van der Waals surface area contributed by atoms with Crippen LogP contribution in [0, 0.1) is 6.92 Å². The zero-order chi connectivity index (χ0) is 19.5. The molecule has 0 spiro atoms. The van der Waals surface area contributed by atoms with Crippen LogP contribution in [0.1, 0.15) is 23.4 Å². The highest BCUT2D eigenvalue weighted by atomic mass is 32.1. The van der Waals surface area contributed by atoms with Gasteiger partial charge < -0.3 is 10.2 Å². The molecule has 6 heteroatoms. The van der Waals surface area contributed by atoms with E-state index in [1.165, 1.54) is 11.3 Å². The molecule has 4 rings (SSSR count). The summed E-state index contributed by atoms with van der Waals surface area (Å²) in [5.74, 6) is 0.112. The van der Waals surface area contributed by atoms with Crippen molar-refractivity contribution in [2.45, 2.75) is 26.2 Å². The first-order chi connectivity index (χ1) is 13.6. The van der Waals surface area contributed by atoms with E-state index in [0.29, 0.717) is 6.42 Å². The summed E-state index contributed by atoms with van der Waals surface area (Å²) in [6.07, 6.45) is 1.79. The second-order valence-electron chi connectivity index (χ2n) is 6.86. The van der Waals surface area contributed by atoms with Crippen LogP contribution < -0.4 is 10.2 Å². The van der Waals surface area contributed by atoms with Crippen molar-refractivity contribution in [3.8, 4) is 11.3 Å². The molecule has 1 aliphatic rings. The molecule has 5 nitrogen and oxygen atoms in total. The van der Waals surface area contributed by atoms with E-state index >= 15 is 0 Å². The summed E-state index contributed by atoms with van der Waals surface area (Å²) in [5.41, 5.74) is 4.63. The van der Waals surface area contributed by atoms with E-state index in [0.717, 1.165) is 46.2 Å². The van der Waals surface area contributed by atoms with Gasteiger partial charge in [-0.3, -0.25) is 9.59 Å². The predicted octanol–water partition coefficient (Wildman–Crippen LogP) is 4.43. The molecule has 1 aliphatic heterocycles. The number of rotatable bonds is 5. The number of nitrogens with zero attached hydrogens (tertiary/aromatic N) is 2. The number of hydrogen-bond donors (Lipinski definition) is 1. The fourth-order valence-electron chi connectivity index (χ4n) is 3.30. The molecule has 0 atom stereocenters. The summed E-state index contributed by atoms with van der Waals surface area (Å²) in [5, 5.41) is 5.68. The molecule has 28 heavy (non-hydrogen) atoms. The Balaban J connectivity index is 1.42. The molecule has 0 unspecified atom stereocenters. The fourth-order valence-corrected chi connectivity index (χ4v) is 4.10. The molecule has 1 N–H and O–H groups in total. The van der Waals surface area contributed by atoms with Gasteiger partial charge in [-0.25, -0.2) is 4.98 Å². The maximum absolute atomic E-state index is 12.3. The first-order valence-corrected chi connectivity index (χ1v) is 10.2. The molecule has 2 heterocycles. The van der Waals surface area contributed by atoms with Gasteiger partial charge in [0.2, 0.25) is 11.8 Å². The minimum atomic E-state index is -0.0712. The average molecular weight is 391 g/mol. The highest BCUT2D eigenvalue weighted by Crippen LogP contribution is 2.27. The Kier molecular flexibility index (Phi) is 5.21. The minimum absolute atomic E-state index is 0.0712. The van der Waals surface area contributed by atoms with Gasteiger partial charge in [0.05, 0.1) is 12.1 Å². The first-order valence-electron chi connectivity index (χ1n) is 9.31. The van der Waals surface area contributed by atoms with Crippen LogP contribution in [0.3, 0.4) is 0 Å². The monoisotopic (exact) mass is 391 g/mol. The Bertz CT molecular complexity index is 1010. The second kappa shape index (κ2) is 7.94. The van der Waals surface area contributed by atoms with Crippen LogP contribution in [0.15, 0.2) is 53.9 Å². The first kappa shape index (κ1) is 18.4. The van der Waals surface area contributed by atoms with Gasteiger partial charge in [0.1, 0.15) is 5.01 Å². The van der Waals surface area contributed by atoms with E-state index < -0.39 is 0 Å². The molecular formula is C22H21N3O2S. The van der Waals surface area contributed by atoms with Crippen LogP contribution in [0.2, 0.25) is 0 Å². The van der Waals surface area contributed by atoms with E-state index in [4.69, 9.17) is 0 Å². The number of hydrogen-bond acceptors (Lipinski definition) is 4. The van der Waals surface area contributed by atoms with Crippen molar-refractivity contribution in [3.63, 3.8) is 0 Å². The van der Waals surface area contributed by atoms with Crippen LogP contribution in [0.5, 0.6) is 0 Å². The molecule has 1 saturated heterocycles. The van der Waals surface area contributed by atoms with Crippen molar-refractivity contribution in [1.82, 2.24) is 4.98 Å². The smallest absolute Gasteiger partial charge is 0.231 e. The van der Waals surface area contributed by atoms with E-state index in [2.05, 4.69) is 10.3 Å². The number of benzene rings is 2. The average Bonchev–Trinajstić information content (AvgIpc) is 3.33. The number of para-hydroxylation sites is 1. The summed E-state index contributed by atoms with van der Waals surface area (Å²) in [7, 11) is 0. The molecule has 2 amide bonds. The summed E-state index contributed by atoms with van der Waals surface area (Å²) in [4.78, 5) is 30.6. The van der Waals surface area contributed by atoms with Crippen LogP contribution in [-0.4, -0.2) is 23.3 Å². The van der Waals surface area contributed by atoms with Gasteiger partial charge in [-0.2, -0.15) is 0 Å². The zero-order valence-corrected chi connectivity index (χ0v) is 16.5. The number of aromatic nitrogens is 1. The predicted molar refractivity (Wildman–Crippen MR) is 113 cm³/mol. The molecule has 142 valence electrons. The standard InChI is InChI=1S/C22H21N3O2S/c1-15-5-2-3-6-18(15)23-20(26)13-21-24-19(14-28-21)16-8-10-17(11-9-16)25-12-4-7-22(25)27/h2-3,5-6,8-11,14H,4,7,12-13H2,1H3,(H,23,26). The number of anilines is 2. The summed E-state index contributed by atoms with van der Waals surface area (Å²) in [6, 6.07) is 15.6. The summed E-state index contributed by atoms with van der Waals surface area (Å²) in [6.45, 7) is 2.76. The Morgan fingerprint density at radius 1 is 1.18 bits per heavy atom. The van der Waals surface area contributed by atoms with Gasteiger partial charge in [-0.05, 0) is 37.1 Å². The largest absolute Gasteiger partial charge is 0.325 e. The normalized spacial score (nSPS) is 13.8. The van der Waals surface area contributed by atoms with Gasteiger partial charge in [-0.15, -0.1) is 11.3 Å². The van der Waals surface area contributed by atoms with Gasteiger partial charge in [0, 0.05) is 35.3 Å². The highest BCUT2D eigenvalue weighted by molar-refractivity contribution is 7.10. The number of aryl methyl sites for hydroxylation is 1. The van der Waals surface area contributed by atoms with Crippen LogP contribution in [0.4, 0.5) is 11.4 Å². The highest BCUT2D eigenvalue weighted by Gasteiger charge is 2.21. The number of carbonyl (C=O) groups is 2. The van der Waals surface area contributed by atoms with Gasteiger partial charge in [0.25, 0.3) is 0 Å². The molecule has 0 aliphatic carbocycles. The van der Waals surface area contributed by atoms with Gasteiger partial charge in [-0.1, -0.05) is 30.3 Å². The Hall–Kier alpha value is -2.99. The van der Waals surface area contributed by atoms with Crippen LogP contribution >= 0.6 is 11.3 Å². The summed E-state index contributed by atoms with van der Waals surface area (Å²) >= 11 is 1.48. The number of thiazole rings is 1. The van der Waals surface area contributed by atoms with Crippen molar-refractivity contribution in [1.29, 1.82) is 0 Å². The number of carbonyl (C=O) groups excluding carboxylic acids is 2. The molecule has 0 radical (unpaired) electrons. The quantitative estimate of drug-likeness (QED) is 0.700. The third-order valence-corrected chi connectivity index (χ3v) is 5.68. The third-order valence-electron chi connectivity index (χ3n) is 4.83. The lowest BCUT2D eigenvalue weighted by Gasteiger charge is -2.15. The number of nitrogens with one attached hydrogen (secondary N) is 1. The topological polar surface area (TPSA) is 62.3 Å². The lowest BCUT2D eigenvalue weighted by Crippen LogP contribution is -2.23. The third kappa shape index (κ3) is 3.97. The van der Waals surface area contributed by atoms with Gasteiger partial charge in [0.15, 0.2) is 0 Å². The molecule has 0 saturated carbocycles. The van der Waals surface area contributed by atoms with Crippen molar-refractivity contribution in [3.05, 3.63) is 64.5 Å². The van der Waals surface area contributed by atoms with Crippen molar-refractivity contribution in [2.75, 3.05) is 16.8 Å². The lowest BCUT2D eigenvalue weighted by atomic mass is 10.1. The second-order valence-corrected chi connectivity index (χ2v) is 7.80. The van der Waals surface area contributed by atoms with Crippen molar-refractivity contribution >= 4 is 34.5 Å². The van der Waals surface area contributed by atoms with Gasteiger partial charge >= 0.3 is 0 Å². The zero-order valence-electron chi connectivity index (χ0n) is 15.6.